The van der Waals surface area contributed by atoms with Crippen LogP contribution in [0.25, 0.3) is 0 Å². The number of rotatable bonds is 20. The van der Waals surface area contributed by atoms with Crippen molar-refractivity contribution in [2.75, 3.05) is 26.4 Å². The van der Waals surface area contributed by atoms with E-state index in [4.69, 9.17) is 28.4 Å². The Kier molecular flexibility index (Phi) is 15.1. The number of hydrogen-bond acceptors (Lipinski definition) is 10. The third-order valence-electron chi connectivity index (χ3n) is 6.36. The number of carbonyl (C=O) groups excluding carboxylic acids is 4. The summed E-state index contributed by atoms with van der Waals surface area (Å²) in [7, 11) is 0. The predicted octanol–water partition coefficient (Wildman–Crippen LogP) is 6.68. The molecular weight excluding hydrogens is 592 g/mol. The zero-order chi connectivity index (χ0) is 33.0. The molecule has 10 heteroatoms. The lowest BCUT2D eigenvalue weighted by atomic mass is 10.2. The predicted molar refractivity (Wildman–Crippen MR) is 170 cm³/mol. The molecule has 0 amide bonds. The normalized spacial score (nSPS) is 10.3. The highest BCUT2D eigenvalue weighted by Gasteiger charge is 2.12. The topological polar surface area (TPSA) is 124 Å². The molecule has 10 nitrogen and oxygen atoms in total. The van der Waals surface area contributed by atoms with E-state index in [0.717, 1.165) is 50.7 Å². The van der Waals surface area contributed by atoms with Crippen molar-refractivity contribution in [2.45, 2.75) is 38.5 Å². The SMILES string of the molecule is C=CC(=O)OCCCCCOc1ccc(C(=O)Oc2ccc(OC(=O)c3ccc(OCCCCCOC(=O)C=C)cc3)cc2)cc1. The zero-order valence-corrected chi connectivity index (χ0v) is 25.7. The second-order valence-electron chi connectivity index (χ2n) is 9.86. The van der Waals surface area contributed by atoms with Crippen molar-refractivity contribution in [3.05, 3.63) is 109 Å². The van der Waals surface area contributed by atoms with Gasteiger partial charge in [-0.15, -0.1) is 0 Å². The lowest BCUT2D eigenvalue weighted by molar-refractivity contribution is -0.138. The Morgan fingerprint density at radius 3 is 1.13 bits per heavy atom. The van der Waals surface area contributed by atoms with Crippen LogP contribution < -0.4 is 18.9 Å². The van der Waals surface area contributed by atoms with Gasteiger partial charge in [0.25, 0.3) is 0 Å². The first-order chi connectivity index (χ1) is 22.4. The van der Waals surface area contributed by atoms with Crippen molar-refractivity contribution in [2.24, 2.45) is 0 Å². The average Bonchev–Trinajstić information content (AvgIpc) is 3.08. The molecule has 0 unspecified atom stereocenters. The molecule has 0 aliphatic carbocycles. The molecule has 0 spiro atoms. The molecule has 0 radical (unpaired) electrons. The molecule has 0 saturated carbocycles. The van der Waals surface area contributed by atoms with Crippen LogP contribution in [0.3, 0.4) is 0 Å². The van der Waals surface area contributed by atoms with E-state index in [1.54, 1.807) is 48.5 Å². The molecule has 3 rings (SSSR count). The molecule has 0 aliphatic rings. The van der Waals surface area contributed by atoms with Crippen LogP contribution in [0.5, 0.6) is 23.0 Å². The number of carbonyl (C=O) groups is 4. The van der Waals surface area contributed by atoms with E-state index >= 15 is 0 Å². The summed E-state index contributed by atoms with van der Waals surface area (Å²) < 4.78 is 32.1. The highest BCUT2D eigenvalue weighted by molar-refractivity contribution is 5.92. The minimum absolute atomic E-state index is 0.295. The van der Waals surface area contributed by atoms with Crippen LogP contribution in [0.2, 0.25) is 0 Å². The van der Waals surface area contributed by atoms with E-state index < -0.39 is 23.9 Å². The quantitative estimate of drug-likeness (QED) is 0.0578. The second-order valence-corrected chi connectivity index (χ2v) is 9.86. The summed E-state index contributed by atoms with van der Waals surface area (Å²) in [5.41, 5.74) is 0.705. The second kappa shape index (κ2) is 19.8. The zero-order valence-electron chi connectivity index (χ0n) is 25.7. The molecule has 0 saturated heterocycles. The lowest BCUT2D eigenvalue weighted by Crippen LogP contribution is -2.10. The molecule has 0 aliphatic heterocycles. The Morgan fingerprint density at radius 1 is 0.457 bits per heavy atom. The Bertz CT molecular complexity index is 1320. The van der Waals surface area contributed by atoms with Crippen molar-refractivity contribution in [3.63, 3.8) is 0 Å². The van der Waals surface area contributed by atoms with Crippen molar-refractivity contribution in [3.8, 4) is 23.0 Å². The summed E-state index contributed by atoms with van der Waals surface area (Å²) >= 11 is 0. The lowest BCUT2D eigenvalue weighted by Gasteiger charge is -2.09. The summed E-state index contributed by atoms with van der Waals surface area (Å²) in [6, 6.07) is 19.4. The molecule has 0 bridgehead atoms. The highest BCUT2D eigenvalue weighted by atomic mass is 16.5. The van der Waals surface area contributed by atoms with Crippen LogP contribution in [-0.4, -0.2) is 50.3 Å². The summed E-state index contributed by atoms with van der Waals surface area (Å²) in [6.45, 7) is 8.39. The highest BCUT2D eigenvalue weighted by Crippen LogP contribution is 2.21. The fourth-order valence-electron chi connectivity index (χ4n) is 3.89. The van der Waals surface area contributed by atoms with Gasteiger partial charge in [0.1, 0.15) is 23.0 Å². The minimum atomic E-state index is -0.540. The maximum atomic E-state index is 12.6. The molecule has 46 heavy (non-hydrogen) atoms. The number of esters is 4. The van der Waals surface area contributed by atoms with Crippen LogP contribution in [0.15, 0.2) is 98.1 Å². The number of hydrogen-bond donors (Lipinski definition) is 0. The van der Waals surface area contributed by atoms with E-state index in [2.05, 4.69) is 13.2 Å². The van der Waals surface area contributed by atoms with Crippen molar-refractivity contribution >= 4 is 23.9 Å². The average molecular weight is 631 g/mol. The third kappa shape index (κ3) is 13.1. The Hall–Kier alpha value is -5.38. The van der Waals surface area contributed by atoms with Gasteiger partial charge in [-0.05, 0) is 111 Å². The monoisotopic (exact) mass is 630 g/mol. The van der Waals surface area contributed by atoms with Crippen LogP contribution in [0.4, 0.5) is 0 Å². The maximum Gasteiger partial charge on any atom is 0.343 e. The summed E-state index contributed by atoms with van der Waals surface area (Å²) in [5.74, 6) is -0.0904. The smallest absolute Gasteiger partial charge is 0.343 e. The Balaban J connectivity index is 1.34. The van der Waals surface area contributed by atoms with Crippen LogP contribution >= 0.6 is 0 Å². The maximum absolute atomic E-state index is 12.6. The largest absolute Gasteiger partial charge is 0.494 e. The Morgan fingerprint density at radius 2 is 0.783 bits per heavy atom. The van der Waals surface area contributed by atoms with Gasteiger partial charge in [0.2, 0.25) is 0 Å². The fourth-order valence-corrected chi connectivity index (χ4v) is 3.89. The van der Waals surface area contributed by atoms with E-state index in [0.29, 0.717) is 60.6 Å². The first kappa shape index (κ1) is 35.1. The van der Waals surface area contributed by atoms with E-state index in [-0.39, 0.29) is 0 Å². The first-order valence-corrected chi connectivity index (χ1v) is 15.0. The van der Waals surface area contributed by atoms with E-state index in [1.807, 2.05) is 0 Å². The Labute approximate surface area is 268 Å². The summed E-state index contributed by atoms with van der Waals surface area (Å²) in [4.78, 5) is 47.1. The fraction of sp³-hybridized carbons (Fsp3) is 0.278. The van der Waals surface area contributed by atoms with Gasteiger partial charge in [-0.2, -0.15) is 0 Å². The van der Waals surface area contributed by atoms with Crippen molar-refractivity contribution < 1.29 is 47.6 Å². The van der Waals surface area contributed by atoms with Crippen LogP contribution in [-0.2, 0) is 19.1 Å². The van der Waals surface area contributed by atoms with Crippen molar-refractivity contribution in [1.29, 1.82) is 0 Å². The molecule has 0 aromatic heterocycles. The molecule has 0 heterocycles. The van der Waals surface area contributed by atoms with Gasteiger partial charge in [0.15, 0.2) is 0 Å². The number of ether oxygens (including phenoxy) is 6. The van der Waals surface area contributed by atoms with Crippen molar-refractivity contribution in [1.82, 2.24) is 0 Å². The van der Waals surface area contributed by atoms with E-state index in [9.17, 15) is 19.2 Å². The molecule has 0 atom stereocenters. The minimum Gasteiger partial charge on any atom is -0.494 e. The molecule has 0 N–H and O–H groups in total. The van der Waals surface area contributed by atoms with Gasteiger partial charge >= 0.3 is 23.9 Å². The molecule has 3 aromatic rings. The van der Waals surface area contributed by atoms with Gasteiger partial charge in [0.05, 0.1) is 37.6 Å². The molecule has 0 fully saturated rings. The van der Waals surface area contributed by atoms with Gasteiger partial charge in [-0.1, -0.05) is 13.2 Å². The van der Waals surface area contributed by atoms with Gasteiger partial charge in [0, 0.05) is 12.2 Å². The van der Waals surface area contributed by atoms with E-state index in [1.165, 1.54) is 24.3 Å². The summed E-state index contributed by atoms with van der Waals surface area (Å²) in [5, 5.41) is 0. The molecular formula is C36H38O10. The number of unbranched alkanes of at least 4 members (excludes halogenated alkanes) is 4. The third-order valence-corrected chi connectivity index (χ3v) is 6.36. The standard InChI is InChI=1S/C36H38O10/c1-3-33(37)43-25-9-5-7-23-41-29-15-11-27(12-16-29)35(39)45-31-19-21-32(22-20-31)46-36(40)28-13-17-30(18-14-28)42-24-8-6-10-26-44-34(38)4-2/h3-4,11-22H,1-2,5-10,23-26H2. The van der Waals surface area contributed by atoms with Gasteiger partial charge in [-0.25, -0.2) is 19.2 Å². The number of benzene rings is 3. The van der Waals surface area contributed by atoms with Gasteiger partial charge in [-0.3, -0.25) is 0 Å². The van der Waals surface area contributed by atoms with Crippen LogP contribution in [0.1, 0.15) is 59.2 Å². The van der Waals surface area contributed by atoms with Crippen LogP contribution in [0, 0.1) is 0 Å². The summed E-state index contributed by atoms with van der Waals surface area (Å²) in [6.07, 6.45) is 7.04. The van der Waals surface area contributed by atoms with Gasteiger partial charge < -0.3 is 28.4 Å². The molecule has 3 aromatic carbocycles. The molecule has 242 valence electrons. The first-order valence-electron chi connectivity index (χ1n) is 15.0.